The van der Waals surface area contributed by atoms with Crippen LogP contribution >= 0.6 is 0 Å². The highest BCUT2D eigenvalue weighted by Crippen LogP contribution is 2.20. The summed E-state index contributed by atoms with van der Waals surface area (Å²) >= 11 is 0. The van der Waals surface area contributed by atoms with Gasteiger partial charge in [-0.2, -0.15) is 0 Å². The molecule has 4 nitrogen and oxygen atoms in total. The highest BCUT2D eigenvalue weighted by Gasteiger charge is 2.19. The van der Waals surface area contributed by atoms with Gasteiger partial charge in [0, 0.05) is 12.2 Å². The molecule has 0 saturated carbocycles. The van der Waals surface area contributed by atoms with Crippen molar-refractivity contribution in [1.29, 1.82) is 0 Å². The molecule has 102 valence electrons. The number of carbonyl (C=O) groups is 1. The highest BCUT2D eigenvalue weighted by atomic mass is 16.1. The average Bonchev–Trinajstić information content (AvgIpc) is 2.69. The molecule has 1 aromatic carbocycles. The normalized spacial score (nSPS) is 17.9. The molecule has 1 unspecified atom stereocenters. The number of aryl methyl sites for hydroxylation is 1. The third-order valence-corrected chi connectivity index (χ3v) is 3.73. The summed E-state index contributed by atoms with van der Waals surface area (Å²) in [5.74, 6) is -0.114. The minimum absolute atomic E-state index is 0.114. The zero-order valence-electron chi connectivity index (χ0n) is 11.2. The summed E-state index contributed by atoms with van der Waals surface area (Å²) < 4.78 is 0. The minimum Gasteiger partial charge on any atom is -0.348 e. The molecule has 2 aromatic rings. The van der Waals surface area contributed by atoms with Crippen LogP contribution in [0.5, 0.6) is 0 Å². The lowest BCUT2D eigenvalue weighted by molar-refractivity contribution is 0.0929. The Hall–Kier alpha value is -2.23. The maximum atomic E-state index is 12.1. The van der Waals surface area contributed by atoms with Crippen molar-refractivity contribution in [3.8, 4) is 0 Å². The van der Waals surface area contributed by atoms with Gasteiger partial charge in [0.25, 0.3) is 5.91 Å². The van der Waals surface area contributed by atoms with Gasteiger partial charge in [0.05, 0.1) is 0 Å². The van der Waals surface area contributed by atoms with Gasteiger partial charge in [0.1, 0.15) is 12.0 Å². The van der Waals surface area contributed by atoms with Gasteiger partial charge in [-0.05, 0) is 42.9 Å². The van der Waals surface area contributed by atoms with E-state index in [-0.39, 0.29) is 11.9 Å². The number of aromatic nitrogens is 2. The van der Waals surface area contributed by atoms with Crippen LogP contribution in [0.1, 0.15) is 34.5 Å². The molecular formula is C16H17N3O. The van der Waals surface area contributed by atoms with Crippen molar-refractivity contribution >= 4 is 5.91 Å². The van der Waals surface area contributed by atoms with E-state index in [1.54, 1.807) is 12.3 Å². The van der Waals surface area contributed by atoms with Crippen LogP contribution in [0, 0.1) is 0 Å². The summed E-state index contributed by atoms with van der Waals surface area (Å²) in [5.41, 5.74) is 3.18. The number of nitrogens with one attached hydrogen (secondary N) is 1. The molecule has 0 spiro atoms. The molecule has 1 aliphatic rings. The topological polar surface area (TPSA) is 54.9 Å². The summed E-state index contributed by atoms with van der Waals surface area (Å²) in [6.07, 6.45) is 7.09. The maximum Gasteiger partial charge on any atom is 0.270 e. The van der Waals surface area contributed by atoms with E-state index in [0.29, 0.717) is 5.69 Å². The van der Waals surface area contributed by atoms with Crippen molar-refractivity contribution in [2.45, 2.75) is 31.7 Å². The molecule has 1 heterocycles. The van der Waals surface area contributed by atoms with Crippen molar-refractivity contribution in [1.82, 2.24) is 15.3 Å². The van der Waals surface area contributed by atoms with E-state index in [9.17, 15) is 4.79 Å². The van der Waals surface area contributed by atoms with Gasteiger partial charge in [-0.1, -0.05) is 24.3 Å². The summed E-state index contributed by atoms with van der Waals surface area (Å²) in [4.78, 5) is 20.0. The number of nitrogens with zero attached hydrogens (tertiary/aromatic N) is 2. The predicted molar refractivity (Wildman–Crippen MR) is 76.4 cm³/mol. The Bertz CT molecular complexity index is 598. The number of hydrogen-bond donors (Lipinski definition) is 1. The van der Waals surface area contributed by atoms with Crippen LogP contribution in [0.3, 0.4) is 0 Å². The van der Waals surface area contributed by atoms with Crippen LogP contribution in [0.15, 0.2) is 42.9 Å². The SMILES string of the molecule is O=C(NC1CCCc2ccccc2C1)c1ccncn1. The number of amides is 1. The first-order valence-corrected chi connectivity index (χ1v) is 6.96. The molecule has 20 heavy (non-hydrogen) atoms. The second kappa shape index (κ2) is 5.82. The van der Waals surface area contributed by atoms with E-state index in [1.807, 2.05) is 0 Å². The minimum atomic E-state index is -0.114. The fourth-order valence-electron chi connectivity index (χ4n) is 2.71. The molecule has 4 heteroatoms. The van der Waals surface area contributed by atoms with E-state index in [0.717, 1.165) is 25.7 Å². The number of benzene rings is 1. The lowest BCUT2D eigenvalue weighted by atomic mass is 10.0. The van der Waals surface area contributed by atoms with E-state index in [4.69, 9.17) is 0 Å². The summed E-state index contributed by atoms with van der Waals surface area (Å²) in [6, 6.07) is 10.3. The first kappa shape index (κ1) is 12.8. The van der Waals surface area contributed by atoms with Crippen LogP contribution in [-0.2, 0) is 12.8 Å². The van der Waals surface area contributed by atoms with E-state index < -0.39 is 0 Å². The first-order chi connectivity index (χ1) is 9.83. The average molecular weight is 267 g/mol. The maximum absolute atomic E-state index is 12.1. The zero-order chi connectivity index (χ0) is 13.8. The predicted octanol–water partition coefficient (Wildman–Crippen LogP) is 2.15. The first-order valence-electron chi connectivity index (χ1n) is 6.96. The molecule has 1 aliphatic carbocycles. The third-order valence-electron chi connectivity index (χ3n) is 3.73. The van der Waals surface area contributed by atoms with Crippen molar-refractivity contribution in [2.75, 3.05) is 0 Å². The second-order valence-electron chi connectivity index (χ2n) is 5.13. The van der Waals surface area contributed by atoms with Gasteiger partial charge in [0.2, 0.25) is 0 Å². The largest absolute Gasteiger partial charge is 0.348 e. The summed E-state index contributed by atoms with van der Waals surface area (Å²) in [5, 5.41) is 3.09. The fourth-order valence-corrected chi connectivity index (χ4v) is 2.71. The molecule has 1 N–H and O–H groups in total. The van der Waals surface area contributed by atoms with E-state index >= 15 is 0 Å². The number of fused-ring (bicyclic) bond motifs is 1. The van der Waals surface area contributed by atoms with E-state index in [2.05, 4.69) is 39.6 Å². The molecule has 0 saturated heterocycles. The monoisotopic (exact) mass is 267 g/mol. The molecule has 0 fully saturated rings. The molecule has 0 bridgehead atoms. The van der Waals surface area contributed by atoms with Crippen LogP contribution < -0.4 is 5.32 Å². The zero-order valence-corrected chi connectivity index (χ0v) is 11.2. The lowest BCUT2D eigenvalue weighted by Crippen LogP contribution is -2.36. The molecular weight excluding hydrogens is 250 g/mol. The molecule has 0 aliphatic heterocycles. The Kier molecular flexibility index (Phi) is 3.72. The Morgan fingerprint density at radius 3 is 2.85 bits per heavy atom. The van der Waals surface area contributed by atoms with Gasteiger partial charge in [-0.15, -0.1) is 0 Å². The standard InChI is InChI=1S/C16H17N3O/c20-16(15-8-9-17-11-18-15)19-14-7-3-6-12-4-1-2-5-13(12)10-14/h1-2,4-5,8-9,11,14H,3,6-7,10H2,(H,19,20). The van der Waals surface area contributed by atoms with Gasteiger partial charge in [-0.25, -0.2) is 9.97 Å². The van der Waals surface area contributed by atoms with Crippen molar-refractivity contribution in [3.05, 3.63) is 59.7 Å². The van der Waals surface area contributed by atoms with Crippen LogP contribution in [-0.4, -0.2) is 21.9 Å². The fraction of sp³-hybridized carbons (Fsp3) is 0.312. The molecule has 1 atom stereocenters. The number of rotatable bonds is 2. The smallest absolute Gasteiger partial charge is 0.270 e. The number of hydrogen-bond acceptors (Lipinski definition) is 3. The summed E-state index contributed by atoms with van der Waals surface area (Å²) in [7, 11) is 0. The van der Waals surface area contributed by atoms with Crippen LogP contribution in [0.4, 0.5) is 0 Å². The van der Waals surface area contributed by atoms with Crippen molar-refractivity contribution in [3.63, 3.8) is 0 Å². The van der Waals surface area contributed by atoms with Crippen LogP contribution in [0.25, 0.3) is 0 Å². The number of carbonyl (C=O) groups excluding carboxylic acids is 1. The Morgan fingerprint density at radius 2 is 2.05 bits per heavy atom. The van der Waals surface area contributed by atoms with Gasteiger partial charge >= 0.3 is 0 Å². The quantitative estimate of drug-likeness (QED) is 0.848. The van der Waals surface area contributed by atoms with Crippen molar-refractivity contribution < 1.29 is 4.79 Å². The van der Waals surface area contributed by atoms with Gasteiger partial charge in [0.15, 0.2) is 0 Å². The Labute approximate surface area is 118 Å². The molecule has 1 amide bonds. The molecule has 3 rings (SSSR count). The summed E-state index contributed by atoms with van der Waals surface area (Å²) in [6.45, 7) is 0. The Balaban J connectivity index is 1.71. The highest BCUT2D eigenvalue weighted by molar-refractivity contribution is 5.92. The second-order valence-corrected chi connectivity index (χ2v) is 5.13. The molecule has 0 radical (unpaired) electrons. The van der Waals surface area contributed by atoms with Crippen LogP contribution in [0.2, 0.25) is 0 Å². The van der Waals surface area contributed by atoms with Gasteiger partial charge < -0.3 is 5.32 Å². The lowest BCUT2D eigenvalue weighted by Gasteiger charge is -2.16. The molecule has 1 aromatic heterocycles. The third kappa shape index (κ3) is 2.85. The van der Waals surface area contributed by atoms with Gasteiger partial charge in [-0.3, -0.25) is 4.79 Å². The van der Waals surface area contributed by atoms with Crippen molar-refractivity contribution in [2.24, 2.45) is 0 Å². The van der Waals surface area contributed by atoms with E-state index in [1.165, 1.54) is 17.5 Å². The Morgan fingerprint density at radius 1 is 1.20 bits per heavy atom.